The third-order valence-electron chi connectivity index (χ3n) is 4.45. The van der Waals surface area contributed by atoms with E-state index in [9.17, 15) is 0 Å². The van der Waals surface area contributed by atoms with E-state index in [1.807, 2.05) is 24.3 Å². The maximum Gasteiger partial charge on any atom is 0.119 e. The molecule has 0 saturated carbocycles. The third-order valence-corrected chi connectivity index (χ3v) is 4.45. The first-order chi connectivity index (χ1) is 10.3. The quantitative estimate of drug-likeness (QED) is 0.746. The Labute approximate surface area is 129 Å². The molecule has 0 spiro atoms. The van der Waals surface area contributed by atoms with E-state index in [1.54, 1.807) is 0 Å². The molecule has 0 amide bonds. The van der Waals surface area contributed by atoms with Crippen LogP contribution in [0.1, 0.15) is 44.6 Å². The van der Waals surface area contributed by atoms with Crippen molar-refractivity contribution in [1.82, 2.24) is 4.90 Å². The van der Waals surface area contributed by atoms with Crippen LogP contribution in [0.25, 0.3) is 0 Å². The van der Waals surface area contributed by atoms with E-state index < -0.39 is 0 Å². The minimum Gasteiger partial charge on any atom is -0.494 e. The highest BCUT2D eigenvalue weighted by Gasteiger charge is 2.17. The molecule has 3 heteroatoms. The largest absolute Gasteiger partial charge is 0.494 e. The Balaban J connectivity index is 1.57. The molecule has 1 aromatic rings. The van der Waals surface area contributed by atoms with Crippen molar-refractivity contribution < 1.29 is 4.74 Å². The highest BCUT2D eigenvalue weighted by molar-refractivity contribution is 5.26. The van der Waals surface area contributed by atoms with E-state index in [-0.39, 0.29) is 0 Å². The molecular weight excluding hydrogens is 260 g/mol. The van der Waals surface area contributed by atoms with Crippen molar-refractivity contribution >= 4 is 0 Å². The topological polar surface area (TPSA) is 38.5 Å². The first kappa shape index (κ1) is 16.3. The first-order valence-electron chi connectivity index (χ1n) is 8.46. The summed E-state index contributed by atoms with van der Waals surface area (Å²) in [4.78, 5) is 2.59. The van der Waals surface area contributed by atoms with E-state index >= 15 is 0 Å². The fourth-order valence-electron chi connectivity index (χ4n) is 3.11. The van der Waals surface area contributed by atoms with Gasteiger partial charge in [0.05, 0.1) is 6.61 Å². The number of hydrogen-bond donors (Lipinski definition) is 1. The zero-order valence-electron chi connectivity index (χ0n) is 13.4. The maximum atomic E-state index is 5.79. The number of piperidine rings is 1. The van der Waals surface area contributed by atoms with Crippen molar-refractivity contribution in [3.63, 3.8) is 0 Å². The summed E-state index contributed by atoms with van der Waals surface area (Å²) >= 11 is 0. The van der Waals surface area contributed by atoms with Crippen LogP contribution in [0.5, 0.6) is 5.75 Å². The van der Waals surface area contributed by atoms with Crippen molar-refractivity contribution in [2.24, 2.45) is 11.7 Å². The lowest BCUT2D eigenvalue weighted by Crippen LogP contribution is -2.34. The lowest BCUT2D eigenvalue weighted by molar-refractivity contribution is 0.166. The van der Waals surface area contributed by atoms with Crippen molar-refractivity contribution in [2.45, 2.75) is 45.6 Å². The molecule has 21 heavy (non-hydrogen) atoms. The van der Waals surface area contributed by atoms with Gasteiger partial charge in [0.1, 0.15) is 5.75 Å². The average Bonchev–Trinajstić information content (AvgIpc) is 2.54. The number of nitrogens with zero attached hydrogens (tertiary/aromatic N) is 1. The lowest BCUT2D eigenvalue weighted by Gasteiger charge is -2.31. The SMILES string of the molecule is CCCC1CCN(CCCOc2ccc(CN)cc2)CC1. The Bertz CT molecular complexity index is 383. The summed E-state index contributed by atoms with van der Waals surface area (Å²) in [6, 6.07) is 8.10. The molecule has 0 unspecified atom stereocenters. The molecular formula is C18H30N2O. The predicted molar refractivity (Wildman–Crippen MR) is 88.5 cm³/mol. The zero-order chi connectivity index (χ0) is 14.9. The molecule has 0 bridgehead atoms. The van der Waals surface area contributed by atoms with Gasteiger partial charge in [-0.1, -0.05) is 31.9 Å². The average molecular weight is 290 g/mol. The summed E-state index contributed by atoms with van der Waals surface area (Å²) in [6.45, 7) is 7.40. The Morgan fingerprint density at radius 2 is 1.90 bits per heavy atom. The minimum absolute atomic E-state index is 0.592. The van der Waals surface area contributed by atoms with Crippen LogP contribution in [0.2, 0.25) is 0 Å². The van der Waals surface area contributed by atoms with Gasteiger partial charge in [-0.05, 0) is 56.0 Å². The molecule has 1 aliphatic heterocycles. The van der Waals surface area contributed by atoms with Crippen LogP contribution in [-0.2, 0) is 6.54 Å². The second kappa shape index (κ2) is 9.06. The standard InChI is InChI=1S/C18H30N2O/c1-2-4-16-9-12-20(13-10-16)11-3-14-21-18-7-5-17(15-19)6-8-18/h5-8,16H,2-4,9-15,19H2,1H3. The summed E-state index contributed by atoms with van der Waals surface area (Å²) in [7, 11) is 0. The van der Waals surface area contributed by atoms with Crippen molar-refractivity contribution in [2.75, 3.05) is 26.2 Å². The number of nitrogens with two attached hydrogens (primary N) is 1. The van der Waals surface area contributed by atoms with Crippen molar-refractivity contribution in [3.8, 4) is 5.75 Å². The van der Waals surface area contributed by atoms with Gasteiger partial charge in [-0.15, -0.1) is 0 Å². The van der Waals surface area contributed by atoms with E-state index in [1.165, 1.54) is 45.3 Å². The number of likely N-dealkylation sites (tertiary alicyclic amines) is 1. The fourth-order valence-corrected chi connectivity index (χ4v) is 3.11. The molecule has 1 saturated heterocycles. The maximum absolute atomic E-state index is 5.79. The smallest absolute Gasteiger partial charge is 0.119 e. The molecule has 0 atom stereocenters. The van der Waals surface area contributed by atoms with Gasteiger partial charge in [-0.3, -0.25) is 0 Å². The molecule has 0 aromatic heterocycles. The van der Waals surface area contributed by atoms with Crippen LogP contribution in [0.15, 0.2) is 24.3 Å². The normalized spacial score (nSPS) is 17.0. The van der Waals surface area contributed by atoms with Crippen LogP contribution in [-0.4, -0.2) is 31.1 Å². The third kappa shape index (κ3) is 5.68. The van der Waals surface area contributed by atoms with Gasteiger partial charge in [-0.2, -0.15) is 0 Å². The number of benzene rings is 1. The minimum atomic E-state index is 0.592. The zero-order valence-corrected chi connectivity index (χ0v) is 13.4. The Morgan fingerprint density at radius 3 is 2.52 bits per heavy atom. The van der Waals surface area contributed by atoms with Gasteiger partial charge in [0.2, 0.25) is 0 Å². The van der Waals surface area contributed by atoms with Gasteiger partial charge in [0.25, 0.3) is 0 Å². The molecule has 1 aromatic carbocycles. The highest BCUT2D eigenvalue weighted by atomic mass is 16.5. The van der Waals surface area contributed by atoms with E-state index in [0.29, 0.717) is 6.54 Å². The van der Waals surface area contributed by atoms with E-state index in [0.717, 1.165) is 30.3 Å². The van der Waals surface area contributed by atoms with Gasteiger partial charge >= 0.3 is 0 Å². The Kier molecular flexibility index (Phi) is 7.04. The molecule has 118 valence electrons. The molecule has 2 N–H and O–H groups in total. The van der Waals surface area contributed by atoms with Gasteiger partial charge in [0, 0.05) is 13.1 Å². The van der Waals surface area contributed by atoms with Crippen LogP contribution in [0.4, 0.5) is 0 Å². The summed E-state index contributed by atoms with van der Waals surface area (Å²) in [5, 5.41) is 0. The lowest BCUT2D eigenvalue weighted by atomic mass is 9.92. The number of ether oxygens (including phenoxy) is 1. The van der Waals surface area contributed by atoms with Crippen LogP contribution in [0.3, 0.4) is 0 Å². The van der Waals surface area contributed by atoms with Crippen molar-refractivity contribution in [3.05, 3.63) is 29.8 Å². The summed E-state index contributed by atoms with van der Waals surface area (Å²) in [6.07, 6.45) is 6.62. The summed E-state index contributed by atoms with van der Waals surface area (Å²) in [5.74, 6) is 1.93. The van der Waals surface area contributed by atoms with Gasteiger partial charge in [0.15, 0.2) is 0 Å². The second-order valence-electron chi connectivity index (χ2n) is 6.12. The monoisotopic (exact) mass is 290 g/mol. The number of rotatable bonds is 8. The molecule has 3 nitrogen and oxygen atoms in total. The van der Waals surface area contributed by atoms with Gasteiger partial charge in [-0.25, -0.2) is 0 Å². The van der Waals surface area contributed by atoms with Crippen molar-refractivity contribution in [1.29, 1.82) is 0 Å². The highest BCUT2D eigenvalue weighted by Crippen LogP contribution is 2.21. The summed E-state index contributed by atoms with van der Waals surface area (Å²) < 4.78 is 5.79. The molecule has 1 heterocycles. The molecule has 0 aliphatic carbocycles. The number of hydrogen-bond acceptors (Lipinski definition) is 3. The fraction of sp³-hybridized carbons (Fsp3) is 0.667. The summed E-state index contributed by atoms with van der Waals surface area (Å²) in [5.41, 5.74) is 6.74. The molecule has 1 aliphatic rings. The van der Waals surface area contributed by atoms with Crippen LogP contribution >= 0.6 is 0 Å². The predicted octanol–water partition coefficient (Wildman–Crippen LogP) is 3.43. The van der Waals surface area contributed by atoms with Crippen LogP contribution in [0, 0.1) is 5.92 Å². The second-order valence-corrected chi connectivity index (χ2v) is 6.12. The van der Waals surface area contributed by atoms with Crippen LogP contribution < -0.4 is 10.5 Å². The van der Waals surface area contributed by atoms with E-state index in [2.05, 4.69) is 11.8 Å². The van der Waals surface area contributed by atoms with Gasteiger partial charge < -0.3 is 15.4 Å². The molecule has 2 rings (SSSR count). The molecule has 0 radical (unpaired) electrons. The first-order valence-corrected chi connectivity index (χ1v) is 8.46. The van der Waals surface area contributed by atoms with E-state index in [4.69, 9.17) is 10.5 Å². The Morgan fingerprint density at radius 1 is 1.19 bits per heavy atom. The molecule has 1 fully saturated rings. The Hall–Kier alpha value is -1.06.